The predicted octanol–water partition coefficient (Wildman–Crippen LogP) is 1.22. The Morgan fingerprint density at radius 2 is 1.83 bits per heavy atom. The highest BCUT2D eigenvalue weighted by atomic mass is 16.2. The number of nitrogens with zero attached hydrogens (tertiary/aromatic N) is 4. The molecule has 1 aliphatic carbocycles. The average Bonchev–Trinajstić information content (AvgIpc) is 3.16. The summed E-state index contributed by atoms with van der Waals surface area (Å²) in [4.78, 5) is 33.6. The first-order valence-electron chi connectivity index (χ1n) is 7.98. The SMILES string of the molecule is O=C1CCC(=O)N1C1CCC(Nc2ncnc3[nH]ncc23)CC1. The van der Waals surface area contributed by atoms with Gasteiger partial charge in [0, 0.05) is 24.9 Å². The van der Waals surface area contributed by atoms with E-state index in [1.807, 2.05) is 0 Å². The van der Waals surface area contributed by atoms with E-state index in [4.69, 9.17) is 0 Å². The number of fused-ring (bicyclic) bond motifs is 1. The minimum absolute atomic E-state index is 0.0117. The quantitative estimate of drug-likeness (QED) is 0.826. The Morgan fingerprint density at radius 1 is 1.09 bits per heavy atom. The van der Waals surface area contributed by atoms with E-state index in [-0.39, 0.29) is 23.9 Å². The van der Waals surface area contributed by atoms with Crippen LogP contribution in [-0.4, -0.2) is 49.0 Å². The second-order valence-corrected chi connectivity index (χ2v) is 6.16. The fourth-order valence-corrected chi connectivity index (χ4v) is 3.55. The molecule has 4 rings (SSSR count). The second kappa shape index (κ2) is 5.60. The predicted molar refractivity (Wildman–Crippen MR) is 82.4 cm³/mol. The standard InChI is InChI=1S/C15H18N6O2/c22-12-5-6-13(23)21(12)10-3-1-9(2-4-10)19-14-11-7-18-20-15(11)17-8-16-14/h7-10H,1-6H2,(H2,16,17,18,19,20). The molecule has 3 heterocycles. The summed E-state index contributed by atoms with van der Waals surface area (Å²) in [5, 5.41) is 11.1. The van der Waals surface area contributed by atoms with Crippen LogP contribution in [0.2, 0.25) is 0 Å². The molecule has 0 spiro atoms. The summed E-state index contributed by atoms with van der Waals surface area (Å²) in [5.41, 5.74) is 0.712. The van der Waals surface area contributed by atoms with Crippen molar-refractivity contribution >= 4 is 28.7 Å². The van der Waals surface area contributed by atoms with Crippen LogP contribution < -0.4 is 5.32 Å². The first-order valence-corrected chi connectivity index (χ1v) is 7.98. The summed E-state index contributed by atoms with van der Waals surface area (Å²) in [7, 11) is 0. The van der Waals surface area contributed by atoms with Gasteiger partial charge in [0.15, 0.2) is 5.65 Å². The number of likely N-dealkylation sites (tertiary alicyclic amines) is 1. The number of carbonyl (C=O) groups is 2. The zero-order valence-corrected chi connectivity index (χ0v) is 12.7. The van der Waals surface area contributed by atoms with Gasteiger partial charge in [-0.05, 0) is 25.7 Å². The van der Waals surface area contributed by atoms with Crippen molar-refractivity contribution in [2.45, 2.75) is 50.6 Å². The van der Waals surface area contributed by atoms with Crippen LogP contribution in [-0.2, 0) is 9.59 Å². The van der Waals surface area contributed by atoms with Gasteiger partial charge in [-0.1, -0.05) is 0 Å². The lowest BCUT2D eigenvalue weighted by atomic mass is 9.90. The van der Waals surface area contributed by atoms with E-state index in [2.05, 4.69) is 25.5 Å². The zero-order valence-electron chi connectivity index (χ0n) is 12.7. The van der Waals surface area contributed by atoms with Crippen molar-refractivity contribution in [1.29, 1.82) is 0 Å². The zero-order chi connectivity index (χ0) is 15.8. The Kier molecular flexibility index (Phi) is 3.44. The van der Waals surface area contributed by atoms with Gasteiger partial charge < -0.3 is 5.32 Å². The summed E-state index contributed by atoms with van der Waals surface area (Å²) in [5.74, 6) is 0.755. The van der Waals surface area contributed by atoms with Crippen LogP contribution in [0.1, 0.15) is 38.5 Å². The second-order valence-electron chi connectivity index (χ2n) is 6.16. The summed E-state index contributed by atoms with van der Waals surface area (Å²) in [6.45, 7) is 0. The molecule has 8 nitrogen and oxygen atoms in total. The van der Waals surface area contributed by atoms with E-state index in [1.165, 1.54) is 11.2 Å². The number of rotatable bonds is 3. The van der Waals surface area contributed by atoms with Gasteiger partial charge in [0.25, 0.3) is 0 Å². The third kappa shape index (κ3) is 2.54. The summed E-state index contributed by atoms with van der Waals surface area (Å²) in [6.07, 6.45) is 7.47. The average molecular weight is 314 g/mol. The molecule has 2 aliphatic rings. The van der Waals surface area contributed by atoms with Crippen LogP contribution in [0.4, 0.5) is 5.82 Å². The van der Waals surface area contributed by atoms with Gasteiger partial charge in [0.1, 0.15) is 12.1 Å². The highest BCUT2D eigenvalue weighted by Crippen LogP contribution is 2.29. The topological polar surface area (TPSA) is 104 Å². The summed E-state index contributed by atoms with van der Waals surface area (Å²) < 4.78 is 0. The Hall–Kier alpha value is -2.51. The van der Waals surface area contributed by atoms with Gasteiger partial charge in [-0.2, -0.15) is 5.10 Å². The third-order valence-electron chi connectivity index (χ3n) is 4.74. The maximum absolute atomic E-state index is 11.8. The Balaban J connectivity index is 1.41. The van der Waals surface area contributed by atoms with E-state index in [0.29, 0.717) is 18.5 Å². The van der Waals surface area contributed by atoms with E-state index >= 15 is 0 Å². The molecule has 0 unspecified atom stereocenters. The molecular weight excluding hydrogens is 296 g/mol. The molecule has 2 N–H and O–H groups in total. The van der Waals surface area contributed by atoms with E-state index in [9.17, 15) is 9.59 Å². The summed E-state index contributed by atoms with van der Waals surface area (Å²) >= 11 is 0. The number of hydrogen-bond donors (Lipinski definition) is 2. The fourth-order valence-electron chi connectivity index (χ4n) is 3.55. The number of nitrogens with one attached hydrogen (secondary N) is 2. The molecular formula is C15H18N6O2. The molecule has 2 amide bonds. The third-order valence-corrected chi connectivity index (χ3v) is 4.74. The monoisotopic (exact) mass is 314 g/mol. The lowest BCUT2D eigenvalue weighted by Crippen LogP contribution is -2.43. The van der Waals surface area contributed by atoms with Crippen molar-refractivity contribution in [3.05, 3.63) is 12.5 Å². The lowest BCUT2D eigenvalue weighted by molar-refractivity contribution is -0.141. The van der Waals surface area contributed by atoms with Crippen molar-refractivity contribution in [3.63, 3.8) is 0 Å². The number of amides is 2. The number of hydrogen-bond acceptors (Lipinski definition) is 6. The van der Waals surface area contributed by atoms with Gasteiger partial charge in [0.05, 0.1) is 11.6 Å². The summed E-state index contributed by atoms with van der Waals surface area (Å²) in [6, 6.07) is 0.349. The highest BCUT2D eigenvalue weighted by Gasteiger charge is 2.36. The molecule has 23 heavy (non-hydrogen) atoms. The molecule has 1 saturated heterocycles. The van der Waals surface area contributed by atoms with Crippen LogP contribution in [0, 0.1) is 0 Å². The molecule has 1 saturated carbocycles. The minimum Gasteiger partial charge on any atom is -0.367 e. The van der Waals surface area contributed by atoms with Gasteiger partial charge in [-0.15, -0.1) is 0 Å². The maximum atomic E-state index is 11.8. The van der Waals surface area contributed by atoms with Crippen molar-refractivity contribution < 1.29 is 9.59 Å². The number of imide groups is 1. The van der Waals surface area contributed by atoms with Crippen molar-refractivity contribution in [1.82, 2.24) is 25.1 Å². The molecule has 0 bridgehead atoms. The largest absolute Gasteiger partial charge is 0.367 e. The molecule has 0 aromatic carbocycles. The van der Waals surface area contributed by atoms with Crippen LogP contribution in [0.3, 0.4) is 0 Å². The maximum Gasteiger partial charge on any atom is 0.229 e. The minimum atomic E-state index is -0.0117. The van der Waals surface area contributed by atoms with E-state index in [0.717, 1.165) is 36.9 Å². The highest BCUT2D eigenvalue weighted by molar-refractivity contribution is 6.02. The van der Waals surface area contributed by atoms with Crippen LogP contribution in [0.15, 0.2) is 12.5 Å². The van der Waals surface area contributed by atoms with E-state index < -0.39 is 0 Å². The molecule has 0 radical (unpaired) electrons. The van der Waals surface area contributed by atoms with Gasteiger partial charge in [0.2, 0.25) is 11.8 Å². The van der Waals surface area contributed by atoms with Gasteiger partial charge in [-0.25, -0.2) is 9.97 Å². The molecule has 2 aromatic rings. The smallest absolute Gasteiger partial charge is 0.229 e. The lowest BCUT2D eigenvalue weighted by Gasteiger charge is -2.34. The van der Waals surface area contributed by atoms with Crippen molar-refractivity contribution in [2.75, 3.05) is 5.32 Å². The van der Waals surface area contributed by atoms with Crippen LogP contribution >= 0.6 is 0 Å². The van der Waals surface area contributed by atoms with Gasteiger partial charge in [-0.3, -0.25) is 19.6 Å². The molecule has 2 aromatic heterocycles. The van der Waals surface area contributed by atoms with Gasteiger partial charge >= 0.3 is 0 Å². The van der Waals surface area contributed by atoms with Crippen molar-refractivity contribution in [3.8, 4) is 0 Å². The number of aromatic amines is 1. The number of carbonyl (C=O) groups excluding carboxylic acids is 2. The number of aromatic nitrogens is 4. The molecule has 0 atom stereocenters. The first kappa shape index (κ1) is 14.1. The Morgan fingerprint density at radius 3 is 2.57 bits per heavy atom. The van der Waals surface area contributed by atoms with Crippen molar-refractivity contribution in [2.24, 2.45) is 0 Å². The molecule has 120 valence electrons. The number of anilines is 1. The van der Waals surface area contributed by atoms with Crippen LogP contribution in [0.25, 0.3) is 11.0 Å². The van der Waals surface area contributed by atoms with Crippen LogP contribution in [0.5, 0.6) is 0 Å². The number of H-pyrrole nitrogens is 1. The Labute approximate surface area is 132 Å². The molecule has 2 fully saturated rings. The molecule has 1 aliphatic heterocycles. The molecule has 8 heteroatoms. The first-order chi connectivity index (χ1) is 11.2. The normalized spacial score (nSPS) is 25.3. The fraction of sp³-hybridized carbons (Fsp3) is 0.533. The Bertz CT molecular complexity index is 733. The van der Waals surface area contributed by atoms with E-state index in [1.54, 1.807) is 6.20 Å².